The average Bonchev–Trinajstić information content (AvgIpc) is 3.03. The Hall–Kier alpha value is -2.79. The van der Waals surface area contributed by atoms with Gasteiger partial charge in [0.1, 0.15) is 11.3 Å². The van der Waals surface area contributed by atoms with Gasteiger partial charge < -0.3 is 13.9 Å². The highest BCUT2D eigenvalue weighted by Crippen LogP contribution is 2.44. The summed E-state index contributed by atoms with van der Waals surface area (Å²) in [4.78, 5) is 24.9. The van der Waals surface area contributed by atoms with Gasteiger partial charge in [-0.2, -0.15) is 0 Å². The van der Waals surface area contributed by atoms with E-state index in [1.54, 1.807) is 42.5 Å². The lowest BCUT2D eigenvalue weighted by Gasteiger charge is -2.16. The van der Waals surface area contributed by atoms with Crippen LogP contribution in [0.3, 0.4) is 0 Å². The van der Waals surface area contributed by atoms with Crippen LogP contribution in [0.1, 0.15) is 17.0 Å². The molecule has 0 aliphatic carbocycles. The van der Waals surface area contributed by atoms with Crippen LogP contribution < -0.4 is 10.4 Å². The van der Waals surface area contributed by atoms with E-state index in [-0.39, 0.29) is 0 Å². The van der Waals surface area contributed by atoms with Crippen molar-refractivity contribution in [2.24, 2.45) is 0 Å². The summed E-state index contributed by atoms with van der Waals surface area (Å²) in [5.41, 5.74) is 0.921. The zero-order chi connectivity index (χ0) is 17.6. The molecule has 0 saturated heterocycles. The van der Waals surface area contributed by atoms with Gasteiger partial charge in [0.2, 0.25) is 6.10 Å². The fourth-order valence-corrected chi connectivity index (χ4v) is 3.32. The molecule has 126 valence electrons. The molecule has 0 amide bonds. The van der Waals surface area contributed by atoms with Crippen molar-refractivity contribution in [2.75, 3.05) is 7.11 Å². The number of rotatable bonds is 2. The van der Waals surface area contributed by atoms with Gasteiger partial charge in [0, 0.05) is 5.02 Å². The van der Waals surface area contributed by atoms with Crippen LogP contribution in [-0.2, 0) is 9.53 Å². The molecule has 25 heavy (non-hydrogen) atoms. The number of ether oxygens (including phenoxy) is 2. The second-order valence-corrected chi connectivity index (χ2v) is 6.16. The van der Waals surface area contributed by atoms with Crippen LogP contribution in [0, 0.1) is 0 Å². The van der Waals surface area contributed by atoms with E-state index in [9.17, 15) is 9.59 Å². The van der Waals surface area contributed by atoms with Gasteiger partial charge in [0.15, 0.2) is 0 Å². The first-order valence-electron chi connectivity index (χ1n) is 7.66. The largest absolute Gasteiger partial charge is 0.476 e. The van der Waals surface area contributed by atoms with E-state index in [1.165, 1.54) is 7.11 Å². The smallest absolute Gasteiger partial charge is 0.348 e. The van der Waals surface area contributed by atoms with Gasteiger partial charge in [0.05, 0.1) is 24.0 Å². The number of para-hydroxylation sites is 1. The molecule has 3 aromatic rings. The zero-order valence-corrected chi connectivity index (χ0v) is 13.9. The third-order valence-corrected chi connectivity index (χ3v) is 4.57. The van der Waals surface area contributed by atoms with Gasteiger partial charge in [-0.3, -0.25) is 0 Å². The van der Waals surface area contributed by atoms with E-state index < -0.39 is 23.6 Å². The van der Waals surface area contributed by atoms with E-state index in [0.717, 1.165) is 5.56 Å². The van der Waals surface area contributed by atoms with Crippen LogP contribution in [0.4, 0.5) is 0 Å². The second kappa shape index (κ2) is 5.93. The number of fused-ring (bicyclic) bond motifs is 3. The van der Waals surface area contributed by atoms with E-state index in [2.05, 4.69) is 0 Å². The first kappa shape index (κ1) is 15.7. The molecule has 0 bridgehead atoms. The van der Waals surface area contributed by atoms with Crippen LogP contribution in [-0.4, -0.2) is 19.2 Å². The summed E-state index contributed by atoms with van der Waals surface area (Å²) < 4.78 is 16.2. The molecular weight excluding hydrogens is 344 g/mol. The molecule has 2 aromatic carbocycles. The van der Waals surface area contributed by atoms with Crippen molar-refractivity contribution >= 4 is 28.5 Å². The highest BCUT2D eigenvalue weighted by atomic mass is 35.5. The molecule has 0 fully saturated rings. The van der Waals surface area contributed by atoms with Gasteiger partial charge in [-0.1, -0.05) is 35.9 Å². The zero-order valence-electron chi connectivity index (χ0n) is 13.2. The lowest BCUT2D eigenvalue weighted by molar-refractivity contribution is -0.148. The summed E-state index contributed by atoms with van der Waals surface area (Å²) in [6, 6.07) is 14.0. The van der Waals surface area contributed by atoms with Crippen molar-refractivity contribution in [3.63, 3.8) is 0 Å². The summed E-state index contributed by atoms with van der Waals surface area (Å²) in [6.45, 7) is 0. The highest BCUT2D eigenvalue weighted by molar-refractivity contribution is 6.30. The van der Waals surface area contributed by atoms with Crippen LogP contribution in [0.25, 0.3) is 11.0 Å². The Kier molecular flexibility index (Phi) is 3.73. The third-order valence-electron chi connectivity index (χ3n) is 4.32. The summed E-state index contributed by atoms with van der Waals surface area (Å²) in [6.07, 6.45) is -0.963. The molecule has 0 spiro atoms. The predicted molar refractivity (Wildman–Crippen MR) is 92.2 cm³/mol. The van der Waals surface area contributed by atoms with Crippen molar-refractivity contribution in [2.45, 2.75) is 12.0 Å². The number of hydrogen-bond donors (Lipinski definition) is 0. The molecule has 1 aliphatic heterocycles. The quantitative estimate of drug-likeness (QED) is 0.519. The molecule has 1 aromatic heterocycles. The molecule has 0 saturated carbocycles. The fourth-order valence-electron chi connectivity index (χ4n) is 3.19. The summed E-state index contributed by atoms with van der Waals surface area (Å²) in [5, 5.41) is 1.20. The average molecular weight is 357 g/mol. The van der Waals surface area contributed by atoms with E-state index in [0.29, 0.717) is 27.3 Å². The maximum Gasteiger partial charge on any atom is 0.348 e. The first-order chi connectivity index (χ1) is 12.1. The number of hydrogen-bond acceptors (Lipinski definition) is 5. The van der Waals surface area contributed by atoms with Crippen LogP contribution in [0.15, 0.2) is 57.7 Å². The highest BCUT2D eigenvalue weighted by Gasteiger charge is 2.44. The Bertz CT molecular complexity index is 1020. The molecule has 2 heterocycles. The van der Waals surface area contributed by atoms with Gasteiger partial charge in [0.25, 0.3) is 0 Å². The van der Waals surface area contributed by atoms with Crippen LogP contribution in [0.2, 0.25) is 5.02 Å². The van der Waals surface area contributed by atoms with Crippen molar-refractivity contribution < 1.29 is 18.7 Å². The van der Waals surface area contributed by atoms with Crippen molar-refractivity contribution in [1.29, 1.82) is 0 Å². The SMILES string of the molecule is COC(=O)C1Oc2c(c(=O)oc3ccccc23)C1c1ccc(Cl)cc1. The minimum Gasteiger partial charge on any atom is -0.476 e. The number of carbonyl (C=O) groups excluding carboxylic acids is 1. The minimum atomic E-state index is -0.963. The summed E-state index contributed by atoms with van der Waals surface area (Å²) in [5.74, 6) is -0.817. The third kappa shape index (κ3) is 2.48. The molecule has 0 radical (unpaired) electrons. The van der Waals surface area contributed by atoms with Crippen molar-refractivity contribution in [1.82, 2.24) is 0 Å². The van der Waals surface area contributed by atoms with E-state index in [1.807, 2.05) is 6.07 Å². The van der Waals surface area contributed by atoms with Gasteiger partial charge >= 0.3 is 11.6 Å². The molecule has 6 heteroatoms. The Labute approximate surface area is 147 Å². The van der Waals surface area contributed by atoms with Crippen molar-refractivity contribution in [3.05, 3.63) is 75.1 Å². The standard InChI is InChI=1S/C19H13ClO5/c1-23-19(22)17-14(10-6-8-11(20)9-7-10)15-16(25-17)12-4-2-3-5-13(12)24-18(15)21/h2-9,14,17H,1H3. The number of benzene rings is 2. The minimum absolute atomic E-state index is 0.316. The molecule has 1 aliphatic rings. The monoisotopic (exact) mass is 356 g/mol. The number of esters is 1. The molecule has 4 rings (SSSR count). The summed E-state index contributed by atoms with van der Waals surface area (Å²) >= 11 is 5.95. The molecule has 5 nitrogen and oxygen atoms in total. The number of carbonyl (C=O) groups is 1. The Morgan fingerprint density at radius 1 is 1.12 bits per heavy atom. The number of methoxy groups -OCH3 is 1. The van der Waals surface area contributed by atoms with Crippen molar-refractivity contribution in [3.8, 4) is 5.75 Å². The Balaban J connectivity index is 1.98. The van der Waals surface area contributed by atoms with E-state index >= 15 is 0 Å². The Morgan fingerprint density at radius 2 is 1.84 bits per heavy atom. The van der Waals surface area contributed by atoms with Gasteiger partial charge in [-0.05, 0) is 29.8 Å². The maximum absolute atomic E-state index is 12.6. The van der Waals surface area contributed by atoms with Gasteiger partial charge in [-0.25, -0.2) is 9.59 Å². The molecule has 2 atom stereocenters. The van der Waals surface area contributed by atoms with Gasteiger partial charge in [-0.15, -0.1) is 0 Å². The maximum atomic E-state index is 12.6. The predicted octanol–water partition coefficient (Wildman–Crippen LogP) is 3.51. The molecular formula is C19H13ClO5. The lowest BCUT2D eigenvalue weighted by atomic mass is 9.88. The normalized spacial score (nSPS) is 18.6. The lowest BCUT2D eigenvalue weighted by Crippen LogP contribution is -2.31. The second-order valence-electron chi connectivity index (χ2n) is 5.72. The molecule has 2 unspecified atom stereocenters. The fraction of sp³-hybridized carbons (Fsp3) is 0.158. The molecule has 0 N–H and O–H groups in total. The van der Waals surface area contributed by atoms with Crippen LogP contribution >= 0.6 is 11.6 Å². The first-order valence-corrected chi connectivity index (χ1v) is 8.03. The van der Waals surface area contributed by atoms with Crippen LogP contribution in [0.5, 0.6) is 5.75 Å². The summed E-state index contributed by atoms with van der Waals surface area (Å²) in [7, 11) is 1.29. The number of halogens is 1. The topological polar surface area (TPSA) is 65.7 Å². The van der Waals surface area contributed by atoms with E-state index in [4.69, 9.17) is 25.5 Å². The Morgan fingerprint density at radius 3 is 2.56 bits per heavy atom.